The van der Waals surface area contributed by atoms with Crippen LogP contribution in [0.1, 0.15) is 5.56 Å². The fraction of sp³-hybridized carbons (Fsp3) is 0.444. The van der Waals surface area contributed by atoms with Gasteiger partial charge in [-0.2, -0.15) is 0 Å². The second kappa shape index (κ2) is 4.79. The van der Waals surface area contributed by atoms with Crippen LogP contribution < -0.4 is 16.2 Å². The maximum Gasteiger partial charge on any atom is 0.137 e. The summed E-state index contributed by atoms with van der Waals surface area (Å²) in [6, 6.07) is 1.80. The number of aryl methyl sites for hydroxylation is 1. The van der Waals surface area contributed by atoms with Crippen LogP contribution in [-0.2, 0) is 0 Å². The molecule has 1 rings (SSSR count). The van der Waals surface area contributed by atoms with E-state index in [2.05, 4.69) is 4.98 Å². The van der Waals surface area contributed by atoms with Gasteiger partial charge in [-0.05, 0) is 18.6 Å². The number of hydrogen-bond donors (Lipinski definition) is 2. The molecule has 0 aromatic carbocycles. The van der Waals surface area contributed by atoms with Crippen LogP contribution in [0.3, 0.4) is 0 Å². The van der Waals surface area contributed by atoms with Gasteiger partial charge in [-0.3, -0.25) is 4.98 Å². The SMILES string of the molecule is Cc1cncc(OCC(N)CN)c1. The number of ether oxygens (including phenoxy) is 1. The standard InChI is InChI=1S/C9H15N3O/c1-7-2-9(5-12-4-7)13-6-8(11)3-10/h2,4-5,8H,3,6,10-11H2,1H3. The first-order valence-corrected chi connectivity index (χ1v) is 4.22. The summed E-state index contributed by atoms with van der Waals surface area (Å²) in [4.78, 5) is 3.99. The molecule has 0 radical (unpaired) electrons. The molecular weight excluding hydrogens is 166 g/mol. The minimum absolute atomic E-state index is 0.111. The largest absolute Gasteiger partial charge is 0.490 e. The molecule has 13 heavy (non-hydrogen) atoms. The number of pyridine rings is 1. The number of nitrogens with two attached hydrogens (primary N) is 2. The molecule has 0 spiro atoms. The molecule has 0 saturated carbocycles. The van der Waals surface area contributed by atoms with Crippen molar-refractivity contribution in [3.05, 3.63) is 24.0 Å². The molecule has 1 heterocycles. The Kier molecular flexibility index (Phi) is 3.67. The molecule has 0 aliphatic carbocycles. The van der Waals surface area contributed by atoms with Gasteiger partial charge >= 0.3 is 0 Å². The second-order valence-corrected chi connectivity index (χ2v) is 3.00. The van der Waals surface area contributed by atoms with Crippen molar-refractivity contribution >= 4 is 0 Å². The molecule has 4 N–H and O–H groups in total. The number of hydrogen-bond acceptors (Lipinski definition) is 4. The van der Waals surface area contributed by atoms with E-state index in [1.54, 1.807) is 12.4 Å². The molecule has 1 aromatic heterocycles. The van der Waals surface area contributed by atoms with Gasteiger partial charge in [-0.1, -0.05) is 0 Å². The Bertz CT molecular complexity index is 265. The molecule has 1 atom stereocenters. The van der Waals surface area contributed by atoms with Crippen molar-refractivity contribution < 1.29 is 4.74 Å². The highest BCUT2D eigenvalue weighted by Gasteiger charge is 2.00. The van der Waals surface area contributed by atoms with Crippen LogP contribution in [0.5, 0.6) is 5.75 Å². The van der Waals surface area contributed by atoms with Crippen molar-refractivity contribution in [1.29, 1.82) is 0 Å². The molecule has 4 nitrogen and oxygen atoms in total. The van der Waals surface area contributed by atoms with Crippen molar-refractivity contribution in [2.24, 2.45) is 11.5 Å². The number of nitrogens with zero attached hydrogens (tertiary/aromatic N) is 1. The summed E-state index contributed by atoms with van der Waals surface area (Å²) in [5.74, 6) is 0.740. The third kappa shape index (κ3) is 3.40. The summed E-state index contributed by atoms with van der Waals surface area (Å²) in [7, 11) is 0. The van der Waals surface area contributed by atoms with Gasteiger partial charge in [-0.25, -0.2) is 0 Å². The maximum absolute atomic E-state index is 5.59. The van der Waals surface area contributed by atoms with Gasteiger partial charge in [0.1, 0.15) is 12.4 Å². The fourth-order valence-corrected chi connectivity index (χ4v) is 0.877. The van der Waals surface area contributed by atoms with Gasteiger partial charge in [0.25, 0.3) is 0 Å². The van der Waals surface area contributed by atoms with E-state index in [4.69, 9.17) is 16.2 Å². The van der Waals surface area contributed by atoms with E-state index >= 15 is 0 Å². The predicted molar refractivity (Wildman–Crippen MR) is 51.5 cm³/mol. The Morgan fingerprint density at radius 3 is 2.92 bits per heavy atom. The molecule has 0 aliphatic rings. The molecular formula is C9H15N3O. The highest BCUT2D eigenvalue weighted by molar-refractivity contribution is 5.22. The van der Waals surface area contributed by atoms with E-state index in [0.29, 0.717) is 13.2 Å². The smallest absolute Gasteiger partial charge is 0.137 e. The number of rotatable bonds is 4. The zero-order valence-electron chi connectivity index (χ0n) is 7.73. The summed E-state index contributed by atoms with van der Waals surface area (Å²) < 4.78 is 5.37. The molecule has 72 valence electrons. The van der Waals surface area contributed by atoms with E-state index in [1.165, 1.54) is 0 Å². The molecule has 0 fully saturated rings. The molecule has 0 bridgehead atoms. The van der Waals surface area contributed by atoms with Crippen LogP contribution in [0.4, 0.5) is 0 Å². The van der Waals surface area contributed by atoms with Gasteiger partial charge in [0, 0.05) is 12.7 Å². The van der Waals surface area contributed by atoms with E-state index in [1.807, 2.05) is 13.0 Å². The molecule has 0 aliphatic heterocycles. The third-order valence-corrected chi connectivity index (χ3v) is 1.62. The van der Waals surface area contributed by atoms with Gasteiger partial charge in [0.05, 0.1) is 12.2 Å². The zero-order chi connectivity index (χ0) is 9.68. The van der Waals surface area contributed by atoms with Crippen LogP contribution >= 0.6 is 0 Å². The summed E-state index contributed by atoms with van der Waals surface area (Å²) >= 11 is 0. The second-order valence-electron chi connectivity index (χ2n) is 3.00. The zero-order valence-corrected chi connectivity index (χ0v) is 7.73. The first-order chi connectivity index (χ1) is 6.22. The van der Waals surface area contributed by atoms with E-state index < -0.39 is 0 Å². The summed E-state index contributed by atoms with van der Waals surface area (Å²) in [6.07, 6.45) is 3.44. The Balaban J connectivity index is 2.45. The van der Waals surface area contributed by atoms with E-state index in [9.17, 15) is 0 Å². The van der Waals surface area contributed by atoms with Crippen molar-refractivity contribution in [2.45, 2.75) is 13.0 Å². The van der Waals surface area contributed by atoms with E-state index in [0.717, 1.165) is 11.3 Å². The molecule has 0 saturated heterocycles. The summed E-state index contributed by atoms with van der Waals surface area (Å²) in [5, 5.41) is 0. The highest BCUT2D eigenvalue weighted by atomic mass is 16.5. The van der Waals surface area contributed by atoms with Crippen LogP contribution in [-0.4, -0.2) is 24.2 Å². The Morgan fingerprint density at radius 1 is 1.54 bits per heavy atom. The summed E-state index contributed by atoms with van der Waals surface area (Å²) in [6.45, 7) is 2.82. The minimum Gasteiger partial charge on any atom is -0.490 e. The van der Waals surface area contributed by atoms with Crippen molar-refractivity contribution in [3.8, 4) is 5.75 Å². The van der Waals surface area contributed by atoms with Crippen molar-refractivity contribution in [3.63, 3.8) is 0 Å². The summed E-state index contributed by atoms with van der Waals surface area (Å²) in [5.41, 5.74) is 12.0. The van der Waals surface area contributed by atoms with Crippen LogP contribution in [0.25, 0.3) is 0 Å². The quantitative estimate of drug-likeness (QED) is 0.688. The van der Waals surface area contributed by atoms with Gasteiger partial charge in [-0.15, -0.1) is 0 Å². The molecule has 4 heteroatoms. The topological polar surface area (TPSA) is 74.2 Å². The fourth-order valence-electron chi connectivity index (χ4n) is 0.877. The first kappa shape index (κ1) is 9.95. The van der Waals surface area contributed by atoms with Gasteiger partial charge in [0.15, 0.2) is 0 Å². The van der Waals surface area contributed by atoms with Crippen molar-refractivity contribution in [1.82, 2.24) is 4.98 Å². The monoisotopic (exact) mass is 181 g/mol. The molecule has 0 amide bonds. The molecule has 1 aromatic rings. The predicted octanol–water partition coefficient (Wildman–Crippen LogP) is 0.0548. The van der Waals surface area contributed by atoms with Crippen LogP contribution in [0.2, 0.25) is 0 Å². The van der Waals surface area contributed by atoms with Crippen LogP contribution in [0.15, 0.2) is 18.5 Å². The lowest BCUT2D eigenvalue weighted by Crippen LogP contribution is -2.35. The normalized spacial score (nSPS) is 12.5. The minimum atomic E-state index is -0.111. The highest BCUT2D eigenvalue weighted by Crippen LogP contribution is 2.09. The number of aromatic nitrogens is 1. The van der Waals surface area contributed by atoms with Gasteiger partial charge in [0.2, 0.25) is 0 Å². The lowest BCUT2D eigenvalue weighted by molar-refractivity contribution is 0.289. The average Bonchev–Trinajstić information content (AvgIpc) is 2.14. The van der Waals surface area contributed by atoms with Crippen LogP contribution in [0, 0.1) is 6.92 Å². The van der Waals surface area contributed by atoms with Crippen molar-refractivity contribution in [2.75, 3.05) is 13.2 Å². The third-order valence-electron chi connectivity index (χ3n) is 1.62. The first-order valence-electron chi connectivity index (χ1n) is 4.22. The Morgan fingerprint density at radius 2 is 2.31 bits per heavy atom. The van der Waals surface area contributed by atoms with E-state index in [-0.39, 0.29) is 6.04 Å². The maximum atomic E-state index is 5.59. The van der Waals surface area contributed by atoms with Gasteiger partial charge < -0.3 is 16.2 Å². The molecule has 1 unspecified atom stereocenters. The lowest BCUT2D eigenvalue weighted by Gasteiger charge is -2.10. The lowest BCUT2D eigenvalue weighted by atomic mass is 10.3. The average molecular weight is 181 g/mol. The Hall–Kier alpha value is -1.13. The Labute approximate surface area is 77.9 Å².